The summed E-state index contributed by atoms with van der Waals surface area (Å²) in [4.78, 5) is 11.7. The first-order valence-electron chi connectivity index (χ1n) is 6.00. The number of halogens is 2. The lowest BCUT2D eigenvalue weighted by molar-refractivity contribution is -0.684. The average molecular weight is 414 g/mol. The number of carbonyl (C=O) groups excluding carboxylic acids is 1. The fourth-order valence-electron chi connectivity index (χ4n) is 1.61. The Hall–Kier alpha value is -1.73. The van der Waals surface area contributed by atoms with Crippen molar-refractivity contribution in [3.8, 4) is 5.75 Å². The van der Waals surface area contributed by atoms with Crippen LogP contribution in [0.5, 0.6) is 5.75 Å². The van der Waals surface area contributed by atoms with E-state index in [-0.39, 0.29) is 18.2 Å². The van der Waals surface area contributed by atoms with Gasteiger partial charge < -0.3 is 5.11 Å². The molecule has 5 nitrogen and oxygen atoms in total. The number of amides is 1. The molecule has 108 valence electrons. The number of aromatic nitrogens is 1. The predicted octanol–water partition coefficient (Wildman–Crippen LogP) is 2.35. The van der Waals surface area contributed by atoms with Crippen molar-refractivity contribution in [3.05, 3.63) is 57.2 Å². The van der Waals surface area contributed by atoms with Gasteiger partial charge in [-0.15, -0.1) is 0 Å². The van der Waals surface area contributed by atoms with Crippen LogP contribution < -0.4 is 9.99 Å². The van der Waals surface area contributed by atoms with Crippen LogP contribution >= 0.6 is 31.9 Å². The number of phenolic OH excluding ortho intramolecular Hbond substituents is 1. The molecule has 0 radical (unpaired) electrons. The van der Waals surface area contributed by atoms with E-state index in [1.54, 1.807) is 29.1 Å². The van der Waals surface area contributed by atoms with Gasteiger partial charge in [-0.3, -0.25) is 4.79 Å². The maximum atomic E-state index is 11.7. The summed E-state index contributed by atoms with van der Waals surface area (Å²) in [6.45, 7) is 0.172. The number of aromatic hydroxyl groups is 1. The number of hydrogen-bond donors (Lipinski definition) is 2. The molecule has 0 saturated heterocycles. The lowest BCUT2D eigenvalue weighted by atomic mass is 10.2. The highest BCUT2D eigenvalue weighted by molar-refractivity contribution is 9.11. The Morgan fingerprint density at radius 2 is 2.00 bits per heavy atom. The van der Waals surface area contributed by atoms with E-state index in [1.807, 2.05) is 18.2 Å². The van der Waals surface area contributed by atoms with E-state index in [9.17, 15) is 9.90 Å². The Morgan fingerprint density at radius 3 is 2.67 bits per heavy atom. The zero-order chi connectivity index (χ0) is 15.2. The molecule has 0 aliphatic carbocycles. The summed E-state index contributed by atoms with van der Waals surface area (Å²) < 4.78 is 3.15. The SMILES string of the molecule is O=C(C[n+]1ccccc1)N/N=C\c1c(O)cc(Br)cc1Br. The van der Waals surface area contributed by atoms with Gasteiger partial charge >= 0.3 is 5.91 Å². The van der Waals surface area contributed by atoms with Gasteiger partial charge in [0.15, 0.2) is 12.4 Å². The monoisotopic (exact) mass is 412 g/mol. The van der Waals surface area contributed by atoms with Crippen LogP contribution in [-0.2, 0) is 11.3 Å². The van der Waals surface area contributed by atoms with E-state index in [0.717, 1.165) is 4.47 Å². The highest BCUT2D eigenvalue weighted by atomic mass is 79.9. The number of rotatable bonds is 4. The number of phenols is 1. The summed E-state index contributed by atoms with van der Waals surface area (Å²) in [5.41, 5.74) is 2.91. The van der Waals surface area contributed by atoms with E-state index in [2.05, 4.69) is 42.4 Å². The number of benzene rings is 1. The molecule has 0 spiro atoms. The Morgan fingerprint density at radius 1 is 1.29 bits per heavy atom. The lowest BCUT2D eigenvalue weighted by Crippen LogP contribution is -2.40. The van der Waals surface area contributed by atoms with Crippen LogP contribution in [0.15, 0.2) is 56.8 Å². The standard InChI is InChI=1S/C14H11Br2N3O2/c15-10-6-12(16)11(13(20)7-10)8-17-18-14(21)9-19-4-2-1-3-5-19/h1-8H,9H2,(H-,17,18,20,21)/p+1. The lowest BCUT2D eigenvalue weighted by Gasteiger charge is -2.03. The van der Waals surface area contributed by atoms with Crippen molar-refractivity contribution < 1.29 is 14.5 Å². The van der Waals surface area contributed by atoms with E-state index in [4.69, 9.17) is 0 Å². The second kappa shape index (κ2) is 7.33. The molecule has 2 aromatic rings. The molecule has 0 unspecified atom stereocenters. The number of hydrazone groups is 1. The average Bonchev–Trinajstić information content (AvgIpc) is 2.42. The van der Waals surface area contributed by atoms with Crippen molar-refractivity contribution in [2.24, 2.45) is 5.10 Å². The highest BCUT2D eigenvalue weighted by Gasteiger charge is 2.08. The zero-order valence-corrected chi connectivity index (χ0v) is 14.0. The van der Waals surface area contributed by atoms with Gasteiger partial charge in [0.25, 0.3) is 0 Å². The third kappa shape index (κ3) is 4.64. The molecule has 1 aromatic heterocycles. The number of nitrogens with one attached hydrogen (secondary N) is 1. The molecular weight excluding hydrogens is 402 g/mol. The topological polar surface area (TPSA) is 65.6 Å². The Balaban J connectivity index is 1.98. The van der Waals surface area contributed by atoms with Crippen LogP contribution in [0.2, 0.25) is 0 Å². The smallest absolute Gasteiger partial charge is 0.305 e. The minimum absolute atomic E-state index is 0.0617. The van der Waals surface area contributed by atoms with Crippen LogP contribution in [0.4, 0.5) is 0 Å². The Kier molecular flexibility index (Phi) is 5.46. The molecule has 0 fully saturated rings. The fourth-order valence-corrected chi connectivity index (χ4v) is 2.91. The minimum Gasteiger partial charge on any atom is -0.507 e. The summed E-state index contributed by atoms with van der Waals surface area (Å²) in [5, 5.41) is 13.7. The van der Waals surface area contributed by atoms with Crippen LogP contribution in [-0.4, -0.2) is 17.2 Å². The molecule has 1 heterocycles. The summed E-state index contributed by atoms with van der Waals surface area (Å²) in [6.07, 6.45) is 4.97. The van der Waals surface area contributed by atoms with Gasteiger partial charge in [-0.1, -0.05) is 22.0 Å². The first kappa shape index (κ1) is 15.7. The molecule has 1 amide bonds. The Labute approximate surface area is 138 Å². The van der Waals surface area contributed by atoms with Gasteiger partial charge in [0.2, 0.25) is 6.54 Å². The second-order valence-corrected chi connectivity index (χ2v) is 5.93. The molecule has 7 heteroatoms. The van der Waals surface area contributed by atoms with Gasteiger partial charge in [-0.2, -0.15) is 9.67 Å². The predicted molar refractivity (Wildman–Crippen MR) is 85.9 cm³/mol. The van der Waals surface area contributed by atoms with Gasteiger partial charge in [-0.05, 0) is 28.1 Å². The number of hydrogen-bond acceptors (Lipinski definition) is 3. The molecular formula is C14H12Br2N3O2+. The van der Waals surface area contributed by atoms with E-state index < -0.39 is 0 Å². The van der Waals surface area contributed by atoms with Crippen molar-refractivity contribution in [1.29, 1.82) is 0 Å². The van der Waals surface area contributed by atoms with Crippen LogP contribution in [0.25, 0.3) is 0 Å². The van der Waals surface area contributed by atoms with Crippen LogP contribution in [0.1, 0.15) is 5.56 Å². The zero-order valence-electron chi connectivity index (χ0n) is 10.8. The van der Waals surface area contributed by atoms with Crippen molar-refractivity contribution in [1.82, 2.24) is 5.43 Å². The third-order valence-corrected chi connectivity index (χ3v) is 3.67. The first-order valence-corrected chi connectivity index (χ1v) is 7.59. The van der Waals surface area contributed by atoms with Gasteiger partial charge in [-0.25, -0.2) is 5.43 Å². The van der Waals surface area contributed by atoms with Crippen molar-refractivity contribution in [2.75, 3.05) is 0 Å². The van der Waals surface area contributed by atoms with Crippen molar-refractivity contribution in [3.63, 3.8) is 0 Å². The fraction of sp³-hybridized carbons (Fsp3) is 0.0714. The summed E-state index contributed by atoms with van der Waals surface area (Å²) in [6, 6.07) is 8.89. The maximum absolute atomic E-state index is 11.7. The quantitative estimate of drug-likeness (QED) is 0.459. The molecule has 0 bridgehead atoms. The largest absolute Gasteiger partial charge is 0.507 e. The normalized spacial score (nSPS) is 10.8. The summed E-state index contributed by atoms with van der Waals surface area (Å²) in [5.74, 6) is -0.193. The van der Waals surface area contributed by atoms with Gasteiger partial charge in [0.05, 0.1) is 11.8 Å². The van der Waals surface area contributed by atoms with E-state index >= 15 is 0 Å². The molecule has 0 saturated carbocycles. The minimum atomic E-state index is -0.254. The summed E-state index contributed by atoms with van der Waals surface area (Å²) in [7, 11) is 0. The van der Waals surface area contributed by atoms with E-state index in [1.165, 1.54) is 6.21 Å². The second-order valence-electron chi connectivity index (χ2n) is 4.16. The molecule has 2 rings (SSSR count). The highest BCUT2D eigenvalue weighted by Crippen LogP contribution is 2.28. The Bertz CT molecular complexity index is 652. The van der Waals surface area contributed by atoms with Crippen LogP contribution in [0, 0.1) is 0 Å². The molecule has 0 aliphatic rings. The molecule has 2 N–H and O–H groups in total. The number of nitrogens with zero attached hydrogens (tertiary/aromatic N) is 2. The number of carbonyl (C=O) groups is 1. The third-order valence-electron chi connectivity index (χ3n) is 2.56. The van der Waals surface area contributed by atoms with Gasteiger partial charge in [0.1, 0.15) is 5.75 Å². The number of pyridine rings is 1. The van der Waals surface area contributed by atoms with Gasteiger partial charge in [0, 0.05) is 21.1 Å². The van der Waals surface area contributed by atoms with E-state index in [0.29, 0.717) is 10.0 Å². The van der Waals surface area contributed by atoms with Crippen molar-refractivity contribution >= 4 is 44.0 Å². The summed E-state index contributed by atoms with van der Waals surface area (Å²) >= 11 is 6.59. The molecule has 0 aliphatic heterocycles. The maximum Gasteiger partial charge on any atom is 0.305 e. The molecule has 21 heavy (non-hydrogen) atoms. The molecule has 0 atom stereocenters. The van der Waals surface area contributed by atoms with Crippen LogP contribution in [0.3, 0.4) is 0 Å². The van der Waals surface area contributed by atoms with Crippen molar-refractivity contribution in [2.45, 2.75) is 6.54 Å². The first-order chi connectivity index (χ1) is 10.1. The molecule has 1 aromatic carbocycles.